The van der Waals surface area contributed by atoms with Crippen LogP contribution in [0.25, 0.3) is 0 Å². The third-order valence-electron chi connectivity index (χ3n) is 4.07. The van der Waals surface area contributed by atoms with Crippen molar-refractivity contribution >= 4 is 5.91 Å². The van der Waals surface area contributed by atoms with Gasteiger partial charge in [-0.2, -0.15) is 5.26 Å². The highest BCUT2D eigenvalue weighted by molar-refractivity contribution is 5.78. The fourth-order valence-corrected chi connectivity index (χ4v) is 2.78. The molecule has 22 heavy (non-hydrogen) atoms. The van der Waals surface area contributed by atoms with Crippen LogP contribution in [0, 0.1) is 17.2 Å². The van der Waals surface area contributed by atoms with Gasteiger partial charge in [-0.1, -0.05) is 13.8 Å². The summed E-state index contributed by atoms with van der Waals surface area (Å²) >= 11 is 0. The Balaban J connectivity index is 2.02. The molecule has 1 aromatic rings. The SMILES string of the molecule is CCC(CC)C(=O)N1CCCC(Oc2nccnc2C#N)C1. The smallest absolute Gasteiger partial charge is 0.251 e. The second-order valence-corrected chi connectivity index (χ2v) is 5.50. The second-order valence-electron chi connectivity index (χ2n) is 5.50. The van der Waals surface area contributed by atoms with Crippen LogP contribution in [0.5, 0.6) is 5.88 Å². The molecular weight excluding hydrogens is 280 g/mol. The summed E-state index contributed by atoms with van der Waals surface area (Å²) in [7, 11) is 0. The van der Waals surface area contributed by atoms with E-state index in [0.29, 0.717) is 6.54 Å². The van der Waals surface area contributed by atoms with Crippen LogP contribution < -0.4 is 4.74 Å². The Morgan fingerprint density at radius 3 is 2.86 bits per heavy atom. The lowest BCUT2D eigenvalue weighted by Crippen LogP contribution is -2.46. The van der Waals surface area contributed by atoms with E-state index in [1.54, 1.807) is 0 Å². The minimum atomic E-state index is -0.129. The summed E-state index contributed by atoms with van der Waals surface area (Å²) in [5.41, 5.74) is 0.186. The number of rotatable bonds is 5. The van der Waals surface area contributed by atoms with E-state index in [-0.39, 0.29) is 29.5 Å². The van der Waals surface area contributed by atoms with Crippen LogP contribution >= 0.6 is 0 Å². The molecule has 0 saturated carbocycles. The van der Waals surface area contributed by atoms with Crippen molar-refractivity contribution in [2.45, 2.75) is 45.6 Å². The summed E-state index contributed by atoms with van der Waals surface area (Å²) in [4.78, 5) is 22.4. The van der Waals surface area contributed by atoms with Gasteiger partial charge in [0, 0.05) is 24.9 Å². The van der Waals surface area contributed by atoms with E-state index in [4.69, 9.17) is 10.00 Å². The lowest BCUT2D eigenvalue weighted by atomic mass is 9.99. The number of carbonyl (C=O) groups excluding carboxylic acids is 1. The molecule has 6 heteroatoms. The maximum atomic E-state index is 12.5. The van der Waals surface area contributed by atoms with Gasteiger partial charge in [-0.05, 0) is 25.7 Å². The minimum Gasteiger partial charge on any atom is -0.470 e. The van der Waals surface area contributed by atoms with Gasteiger partial charge in [0.25, 0.3) is 5.88 Å². The molecule has 1 aliphatic rings. The summed E-state index contributed by atoms with van der Waals surface area (Å²) in [6.45, 7) is 5.42. The van der Waals surface area contributed by atoms with Gasteiger partial charge in [0.1, 0.15) is 12.2 Å². The van der Waals surface area contributed by atoms with Gasteiger partial charge >= 0.3 is 0 Å². The normalized spacial score (nSPS) is 18.1. The van der Waals surface area contributed by atoms with Crippen LogP contribution in [-0.4, -0.2) is 40.0 Å². The summed E-state index contributed by atoms with van der Waals surface area (Å²) in [5.74, 6) is 0.551. The largest absolute Gasteiger partial charge is 0.470 e. The van der Waals surface area contributed by atoms with Gasteiger partial charge in [0.05, 0.1) is 6.54 Å². The maximum Gasteiger partial charge on any atom is 0.251 e. The minimum absolute atomic E-state index is 0.0879. The fraction of sp³-hybridized carbons (Fsp3) is 0.625. The monoisotopic (exact) mass is 302 g/mol. The molecule has 6 nitrogen and oxygen atoms in total. The molecule has 118 valence electrons. The zero-order valence-electron chi connectivity index (χ0n) is 13.2. The Hall–Kier alpha value is -2.16. The quantitative estimate of drug-likeness (QED) is 0.832. The van der Waals surface area contributed by atoms with E-state index in [1.807, 2.05) is 24.8 Å². The average molecular weight is 302 g/mol. The summed E-state index contributed by atoms with van der Waals surface area (Å²) in [6.07, 6.45) is 6.32. The molecule has 0 radical (unpaired) electrons. The Bertz CT molecular complexity index is 551. The molecule has 1 fully saturated rings. The first-order valence-corrected chi connectivity index (χ1v) is 7.86. The zero-order valence-corrected chi connectivity index (χ0v) is 13.2. The predicted octanol–water partition coefficient (Wildman–Crippen LogP) is 2.15. The van der Waals surface area contributed by atoms with E-state index < -0.39 is 0 Å². The maximum absolute atomic E-state index is 12.5. The summed E-state index contributed by atoms with van der Waals surface area (Å²) in [6, 6.07) is 1.98. The number of likely N-dealkylation sites (tertiary alicyclic amines) is 1. The molecule has 0 spiro atoms. The predicted molar refractivity (Wildman–Crippen MR) is 81.0 cm³/mol. The van der Waals surface area contributed by atoms with Gasteiger partial charge in [0.2, 0.25) is 11.6 Å². The van der Waals surface area contributed by atoms with Crippen LogP contribution in [0.4, 0.5) is 0 Å². The molecule has 0 aromatic carbocycles. The highest BCUT2D eigenvalue weighted by Gasteiger charge is 2.28. The number of nitrogens with zero attached hydrogens (tertiary/aromatic N) is 4. The van der Waals surface area contributed by atoms with Crippen LogP contribution in [0.2, 0.25) is 0 Å². The zero-order chi connectivity index (χ0) is 15.9. The molecule has 1 atom stereocenters. The Kier molecular flexibility index (Phi) is 5.70. The molecule has 2 rings (SSSR count). The third-order valence-corrected chi connectivity index (χ3v) is 4.07. The van der Waals surface area contributed by atoms with Crippen LogP contribution in [0.15, 0.2) is 12.4 Å². The number of carbonyl (C=O) groups is 1. The van der Waals surface area contributed by atoms with Crippen LogP contribution in [0.3, 0.4) is 0 Å². The number of aromatic nitrogens is 2. The topological polar surface area (TPSA) is 79.1 Å². The van der Waals surface area contributed by atoms with E-state index in [1.165, 1.54) is 12.4 Å². The standard InChI is InChI=1S/C16H22N4O2/c1-3-12(4-2)16(21)20-9-5-6-13(11-20)22-15-14(10-17)18-7-8-19-15/h7-8,12-13H,3-6,9,11H2,1-2H3. The van der Waals surface area contributed by atoms with Crippen molar-refractivity contribution < 1.29 is 9.53 Å². The van der Waals surface area contributed by atoms with E-state index in [2.05, 4.69) is 9.97 Å². The van der Waals surface area contributed by atoms with Crippen molar-refractivity contribution in [2.75, 3.05) is 13.1 Å². The molecule has 0 bridgehead atoms. The lowest BCUT2D eigenvalue weighted by Gasteiger charge is -2.34. The first-order valence-electron chi connectivity index (χ1n) is 7.86. The Labute approximate surface area is 131 Å². The van der Waals surface area contributed by atoms with Gasteiger partial charge in [0.15, 0.2) is 0 Å². The Morgan fingerprint density at radius 2 is 2.18 bits per heavy atom. The number of nitriles is 1. The van der Waals surface area contributed by atoms with Gasteiger partial charge < -0.3 is 9.64 Å². The molecule has 0 aliphatic carbocycles. The van der Waals surface area contributed by atoms with Crippen molar-refractivity contribution in [2.24, 2.45) is 5.92 Å². The average Bonchev–Trinajstić information content (AvgIpc) is 2.56. The molecule has 1 aliphatic heterocycles. The number of piperidine rings is 1. The molecule has 1 unspecified atom stereocenters. The number of hydrogen-bond donors (Lipinski definition) is 0. The van der Waals surface area contributed by atoms with Crippen molar-refractivity contribution in [3.63, 3.8) is 0 Å². The molecule has 1 amide bonds. The molecular formula is C16H22N4O2. The lowest BCUT2D eigenvalue weighted by molar-refractivity contribution is -0.138. The van der Waals surface area contributed by atoms with Crippen molar-refractivity contribution in [1.29, 1.82) is 5.26 Å². The van der Waals surface area contributed by atoms with Crippen LogP contribution in [-0.2, 0) is 4.79 Å². The second kappa shape index (κ2) is 7.74. The van der Waals surface area contributed by atoms with Gasteiger partial charge in [-0.3, -0.25) is 4.79 Å². The van der Waals surface area contributed by atoms with Crippen molar-refractivity contribution in [3.8, 4) is 11.9 Å². The third kappa shape index (κ3) is 3.73. The van der Waals surface area contributed by atoms with E-state index in [0.717, 1.165) is 32.2 Å². The highest BCUT2D eigenvalue weighted by atomic mass is 16.5. The molecule has 1 aromatic heterocycles. The first-order chi connectivity index (χ1) is 10.7. The summed E-state index contributed by atoms with van der Waals surface area (Å²) < 4.78 is 5.81. The van der Waals surface area contributed by atoms with Crippen molar-refractivity contribution in [1.82, 2.24) is 14.9 Å². The fourth-order valence-electron chi connectivity index (χ4n) is 2.78. The molecule has 0 N–H and O–H groups in total. The molecule has 1 saturated heterocycles. The number of hydrogen-bond acceptors (Lipinski definition) is 5. The Morgan fingerprint density at radius 1 is 1.45 bits per heavy atom. The van der Waals surface area contributed by atoms with Crippen molar-refractivity contribution in [3.05, 3.63) is 18.1 Å². The number of amides is 1. The molecule has 2 heterocycles. The highest BCUT2D eigenvalue weighted by Crippen LogP contribution is 2.21. The van der Waals surface area contributed by atoms with E-state index >= 15 is 0 Å². The first kappa shape index (κ1) is 16.2. The van der Waals surface area contributed by atoms with Gasteiger partial charge in [-0.15, -0.1) is 0 Å². The van der Waals surface area contributed by atoms with E-state index in [9.17, 15) is 4.79 Å². The summed E-state index contributed by atoms with van der Waals surface area (Å²) in [5, 5.41) is 9.03. The van der Waals surface area contributed by atoms with Crippen LogP contribution in [0.1, 0.15) is 45.2 Å². The van der Waals surface area contributed by atoms with Gasteiger partial charge in [-0.25, -0.2) is 9.97 Å². The number of ether oxygens (including phenoxy) is 1.